The predicted molar refractivity (Wildman–Crippen MR) is 89.7 cm³/mol. The summed E-state index contributed by atoms with van der Waals surface area (Å²) in [5, 5.41) is 0.833. The number of morpholine rings is 1. The summed E-state index contributed by atoms with van der Waals surface area (Å²) in [6.07, 6.45) is 1.89. The van der Waals surface area contributed by atoms with Crippen molar-refractivity contribution in [3.05, 3.63) is 17.1 Å². The minimum absolute atomic E-state index is 0.0794. The first-order chi connectivity index (χ1) is 11.6. The van der Waals surface area contributed by atoms with Crippen LogP contribution in [0.25, 0.3) is 11.1 Å². The maximum atomic E-state index is 6.14. The van der Waals surface area contributed by atoms with E-state index in [4.69, 9.17) is 19.6 Å². The fraction of sp³-hybridized carbons (Fsp3) is 0.647. The molecule has 24 heavy (non-hydrogen) atoms. The van der Waals surface area contributed by atoms with E-state index in [9.17, 15) is 0 Å². The second-order valence-electron chi connectivity index (χ2n) is 6.84. The number of ether oxygens (including phenoxy) is 2. The Labute approximate surface area is 141 Å². The van der Waals surface area contributed by atoms with Gasteiger partial charge in [-0.1, -0.05) is 0 Å². The standard InChI is InChI=1S/C17H24N4O3/c1-11-12(2)24-16-14(11)15(18)19-13(20-16)9-21-5-8-23-17(10-21)3-6-22-7-4-17/h3-10H2,1-2H3,(H2,18,19,20). The smallest absolute Gasteiger partial charge is 0.231 e. The SMILES string of the molecule is Cc1oc2nc(CN3CCOC4(CCOCC4)C3)nc(N)c2c1C. The molecule has 1 spiro atoms. The normalized spacial score (nSPS) is 21.6. The number of rotatable bonds is 2. The maximum absolute atomic E-state index is 6.14. The summed E-state index contributed by atoms with van der Waals surface area (Å²) in [6.45, 7) is 8.60. The molecule has 0 bridgehead atoms. The predicted octanol–water partition coefficient (Wildman–Crippen LogP) is 1.80. The van der Waals surface area contributed by atoms with Crippen LogP contribution < -0.4 is 5.73 Å². The van der Waals surface area contributed by atoms with Crippen LogP contribution in [0.1, 0.15) is 30.0 Å². The fourth-order valence-electron chi connectivity index (χ4n) is 3.70. The van der Waals surface area contributed by atoms with Crippen molar-refractivity contribution in [2.75, 3.05) is 38.6 Å². The molecule has 2 saturated heterocycles. The lowest BCUT2D eigenvalue weighted by Crippen LogP contribution is -2.54. The topological polar surface area (TPSA) is 86.6 Å². The first-order valence-electron chi connectivity index (χ1n) is 8.52. The molecule has 4 rings (SSSR count). The number of hydrogen-bond donors (Lipinski definition) is 1. The fourth-order valence-corrected chi connectivity index (χ4v) is 3.70. The van der Waals surface area contributed by atoms with E-state index in [0.717, 1.165) is 62.5 Å². The zero-order valence-electron chi connectivity index (χ0n) is 14.3. The first kappa shape index (κ1) is 15.8. The van der Waals surface area contributed by atoms with Crippen molar-refractivity contribution in [1.29, 1.82) is 0 Å². The van der Waals surface area contributed by atoms with Crippen molar-refractivity contribution in [2.24, 2.45) is 0 Å². The highest BCUT2D eigenvalue weighted by atomic mass is 16.5. The Balaban J connectivity index is 1.55. The van der Waals surface area contributed by atoms with Gasteiger partial charge < -0.3 is 19.6 Å². The van der Waals surface area contributed by atoms with E-state index in [0.29, 0.717) is 23.9 Å². The summed E-state index contributed by atoms with van der Waals surface area (Å²) in [5.41, 5.74) is 7.66. The van der Waals surface area contributed by atoms with E-state index in [1.807, 2.05) is 13.8 Å². The molecule has 0 aliphatic carbocycles. The van der Waals surface area contributed by atoms with Crippen LogP contribution in [0.4, 0.5) is 5.82 Å². The summed E-state index contributed by atoms with van der Waals surface area (Å²) in [4.78, 5) is 11.4. The Kier molecular flexibility index (Phi) is 3.94. The number of aryl methyl sites for hydroxylation is 2. The maximum Gasteiger partial charge on any atom is 0.231 e. The molecule has 7 heteroatoms. The van der Waals surface area contributed by atoms with Gasteiger partial charge in [-0.15, -0.1) is 0 Å². The number of nitrogens with two attached hydrogens (primary N) is 1. The van der Waals surface area contributed by atoms with Crippen molar-refractivity contribution < 1.29 is 13.9 Å². The minimum Gasteiger partial charge on any atom is -0.443 e. The van der Waals surface area contributed by atoms with Crippen molar-refractivity contribution in [3.63, 3.8) is 0 Å². The molecule has 2 aromatic rings. The van der Waals surface area contributed by atoms with E-state index in [2.05, 4.69) is 14.9 Å². The molecule has 0 saturated carbocycles. The van der Waals surface area contributed by atoms with Crippen molar-refractivity contribution in [3.8, 4) is 0 Å². The molecule has 2 aliphatic rings. The highest BCUT2D eigenvalue weighted by Crippen LogP contribution is 2.30. The molecule has 2 aliphatic heterocycles. The molecule has 0 unspecified atom stereocenters. The average Bonchev–Trinajstić information content (AvgIpc) is 2.83. The first-order valence-corrected chi connectivity index (χ1v) is 8.52. The van der Waals surface area contributed by atoms with Crippen molar-refractivity contribution in [1.82, 2.24) is 14.9 Å². The molecule has 2 aromatic heterocycles. The van der Waals surface area contributed by atoms with E-state index < -0.39 is 0 Å². The quantitative estimate of drug-likeness (QED) is 0.897. The number of furan rings is 1. The molecule has 2 N–H and O–H groups in total. The van der Waals surface area contributed by atoms with Gasteiger partial charge in [0.2, 0.25) is 5.71 Å². The van der Waals surface area contributed by atoms with Crippen LogP contribution in [-0.2, 0) is 16.0 Å². The Morgan fingerprint density at radius 2 is 1.96 bits per heavy atom. The number of anilines is 1. The van der Waals surface area contributed by atoms with Crippen LogP contribution in [-0.4, -0.2) is 53.4 Å². The van der Waals surface area contributed by atoms with E-state index >= 15 is 0 Å². The Hall–Kier alpha value is -1.70. The molecule has 4 heterocycles. The van der Waals surface area contributed by atoms with Crippen LogP contribution in [0.3, 0.4) is 0 Å². The van der Waals surface area contributed by atoms with Gasteiger partial charge in [-0.05, 0) is 13.8 Å². The summed E-state index contributed by atoms with van der Waals surface area (Å²) in [5.74, 6) is 2.05. The lowest BCUT2D eigenvalue weighted by Gasteiger charge is -2.44. The van der Waals surface area contributed by atoms with Crippen LogP contribution >= 0.6 is 0 Å². The zero-order valence-corrected chi connectivity index (χ0v) is 14.3. The van der Waals surface area contributed by atoms with Crippen LogP contribution in [0.15, 0.2) is 4.42 Å². The van der Waals surface area contributed by atoms with Gasteiger partial charge in [-0.2, -0.15) is 4.98 Å². The van der Waals surface area contributed by atoms with E-state index in [1.165, 1.54) is 0 Å². The van der Waals surface area contributed by atoms with Gasteiger partial charge >= 0.3 is 0 Å². The number of aromatic nitrogens is 2. The summed E-state index contributed by atoms with van der Waals surface area (Å²) in [6, 6.07) is 0. The molecule has 2 fully saturated rings. The third-order valence-electron chi connectivity index (χ3n) is 5.20. The summed E-state index contributed by atoms with van der Waals surface area (Å²) in [7, 11) is 0. The number of fused-ring (bicyclic) bond motifs is 1. The minimum atomic E-state index is -0.0794. The molecule has 0 radical (unpaired) electrons. The highest BCUT2D eigenvalue weighted by Gasteiger charge is 2.38. The van der Waals surface area contributed by atoms with Crippen LogP contribution in [0.2, 0.25) is 0 Å². The molecular formula is C17H24N4O3. The third kappa shape index (κ3) is 2.76. The molecule has 7 nitrogen and oxygen atoms in total. The monoisotopic (exact) mass is 332 g/mol. The van der Waals surface area contributed by atoms with Gasteiger partial charge in [0.05, 0.1) is 24.1 Å². The molecule has 130 valence electrons. The number of nitrogen functional groups attached to an aromatic ring is 1. The lowest BCUT2D eigenvalue weighted by atomic mass is 9.92. The van der Waals surface area contributed by atoms with Crippen LogP contribution in [0, 0.1) is 13.8 Å². The van der Waals surface area contributed by atoms with E-state index in [1.54, 1.807) is 0 Å². The largest absolute Gasteiger partial charge is 0.443 e. The van der Waals surface area contributed by atoms with Gasteiger partial charge in [0.25, 0.3) is 0 Å². The summed E-state index contributed by atoms with van der Waals surface area (Å²) >= 11 is 0. The average molecular weight is 332 g/mol. The van der Waals surface area contributed by atoms with E-state index in [-0.39, 0.29) is 5.60 Å². The number of nitrogens with zero attached hydrogens (tertiary/aromatic N) is 3. The molecule has 0 amide bonds. The zero-order chi connectivity index (χ0) is 16.7. The Morgan fingerprint density at radius 3 is 2.75 bits per heavy atom. The second kappa shape index (κ2) is 5.98. The highest BCUT2D eigenvalue weighted by molar-refractivity contribution is 5.88. The Morgan fingerprint density at radius 1 is 1.17 bits per heavy atom. The van der Waals surface area contributed by atoms with Gasteiger partial charge in [0.15, 0.2) is 0 Å². The van der Waals surface area contributed by atoms with Gasteiger partial charge in [-0.3, -0.25) is 4.90 Å². The third-order valence-corrected chi connectivity index (χ3v) is 5.20. The molecule has 0 atom stereocenters. The molecule has 0 aromatic carbocycles. The van der Waals surface area contributed by atoms with Crippen molar-refractivity contribution in [2.45, 2.75) is 38.8 Å². The molecular weight excluding hydrogens is 308 g/mol. The Bertz CT molecular complexity index is 746. The summed E-state index contributed by atoms with van der Waals surface area (Å²) < 4.78 is 17.3. The van der Waals surface area contributed by atoms with Gasteiger partial charge in [0.1, 0.15) is 17.4 Å². The lowest BCUT2D eigenvalue weighted by molar-refractivity contribution is -0.155. The van der Waals surface area contributed by atoms with Gasteiger partial charge in [-0.25, -0.2) is 4.98 Å². The van der Waals surface area contributed by atoms with Gasteiger partial charge in [0, 0.05) is 44.7 Å². The number of hydrogen-bond acceptors (Lipinski definition) is 7. The second-order valence-corrected chi connectivity index (χ2v) is 6.84. The van der Waals surface area contributed by atoms with Crippen molar-refractivity contribution >= 4 is 16.9 Å². The van der Waals surface area contributed by atoms with Crippen LogP contribution in [0.5, 0.6) is 0 Å².